The Balaban J connectivity index is 1.38. The Morgan fingerprint density at radius 3 is 2.59 bits per heavy atom. The van der Waals surface area contributed by atoms with Crippen molar-refractivity contribution in [2.24, 2.45) is 0 Å². The van der Waals surface area contributed by atoms with E-state index in [1.807, 2.05) is 12.1 Å². The number of allylic oxidation sites excluding steroid dienone is 1. The number of fused-ring (bicyclic) bond motifs is 1. The normalized spacial score (nSPS) is 16.8. The van der Waals surface area contributed by atoms with Gasteiger partial charge in [-0.3, -0.25) is 4.79 Å². The molecule has 1 saturated heterocycles. The Morgan fingerprint density at radius 1 is 1.15 bits per heavy atom. The molecule has 5 rings (SSSR count). The van der Waals surface area contributed by atoms with Crippen LogP contribution in [0.5, 0.6) is 5.75 Å². The van der Waals surface area contributed by atoms with E-state index in [4.69, 9.17) is 14.2 Å². The second-order valence-corrected chi connectivity index (χ2v) is 10.9. The number of aromatic nitrogens is 3. The van der Waals surface area contributed by atoms with Crippen molar-refractivity contribution in [2.45, 2.75) is 43.8 Å². The fraction of sp³-hybridized carbons (Fsp3) is 0.379. The van der Waals surface area contributed by atoms with Gasteiger partial charge in [-0.05, 0) is 50.1 Å². The maximum atomic E-state index is 14.2. The van der Waals surface area contributed by atoms with Gasteiger partial charge in [-0.25, -0.2) is 13.9 Å². The Kier molecular flexibility index (Phi) is 8.89. The number of nitrogens with zero attached hydrogens (tertiary/aromatic N) is 4. The van der Waals surface area contributed by atoms with Crippen molar-refractivity contribution >= 4 is 29.6 Å². The van der Waals surface area contributed by atoms with Gasteiger partial charge in [-0.15, -0.1) is 5.10 Å². The monoisotopic (exact) mass is 581 g/mol. The van der Waals surface area contributed by atoms with Crippen LogP contribution in [-0.2, 0) is 24.8 Å². The molecule has 0 bridgehead atoms. The van der Waals surface area contributed by atoms with Crippen LogP contribution in [0.15, 0.2) is 65.0 Å². The van der Waals surface area contributed by atoms with Crippen LogP contribution in [0.4, 0.5) is 10.3 Å². The zero-order chi connectivity index (χ0) is 28.9. The SMILES string of the molecule is CC1=C(C(=O)OC(C)C)C(c2ccc(OCC(=O)N3CCOCC3)cc2)n2nc(SCc3ccccc3F)nc2N1. The third-order valence-electron chi connectivity index (χ3n) is 6.63. The molecule has 2 aromatic carbocycles. The lowest BCUT2D eigenvalue weighted by atomic mass is 9.95. The molecule has 0 saturated carbocycles. The molecule has 1 fully saturated rings. The summed E-state index contributed by atoms with van der Waals surface area (Å²) in [5.41, 5.74) is 2.30. The van der Waals surface area contributed by atoms with Gasteiger partial charge in [-0.2, -0.15) is 4.98 Å². The van der Waals surface area contributed by atoms with Gasteiger partial charge in [0.2, 0.25) is 11.1 Å². The van der Waals surface area contributed by atoms with Gasteiger partial charge in [-0.1, -0.05) is 42.1 Å². The zero-order valence-corrected chi connectivity index (χ0v) is 23.9. The predicted octanol–water partition coefficient (Wildman–Crippen LogP) is 4.19. The first kappa shape index (κ1) is 28.6. The lowest BCUT2D eigenvalue weighted by molar-refractivity contribution is -0.143. The van der Waals surface area contributed by atoms with Gasteiger partial charge >= 0.3 is 5.97 Å². The van der Waals surface area contributed by atoms with Crippen LogP contribution in [0.1, 0.15) is 37.9 Å². The lowest BCUT2D eigenvalue weighted by Gasteiger charge is -2.28. The number of rotatable bonds is 9. The summed E-state index contributed by atoms with van der Waals surface area (Å²) in [6.45, 7) is 7.47. The van der Waals surface area contributed by atoms with Gasteiger partial charge in [0.05, 0.1) is 24.9 Å². The van der Waals surface area contributed by atoms with Crippen molar-refractivity contribution in [1.82, 2.24) is 19.7 Å². The van der Waals surface area contributed by atoms with E-state index >= 15 is 0 Å². The summed E-state index contributed by atoms with van der Waals surface area (Å²) in [6.07, 6.45) is -0.313. The first-order chi connectivity index (χ1) is 19.8. The molecule has 0 spiro atoms. The molecule has 2 aliphatic heterocycles. The van der Waals surface area contributed by atoms with Gasteiger partial charge in [0.15, 0.2) is 6.61 Å². The molecule has 1 amide bonds. The minimum atomic E-state index is -0.628. The van der Waals surface area contributed by atoms with E-state index in [9.17, 15) is 14.0 Å². The van der Waals surface area contributed by atoms with Crippen molar-refractivity contribution in [3.63, 3.8) is 0 Å². The van der Waals surface area contributed by atoms with E-state index in [0.717, 1.165) is 5.56 Å². The van der Waals surface area contributed by atoms with Gasteiger partial charge in [0.1, 0.15) is 17.6 Å². The Bertz CT molecular complexity index is 1440. The summed E-state index contributed by atoms with van der Waals surface area (Å²) in [5, 5.41) is 8.30. The molecule has 0 radical (unpaired) electrons. The topological polar surface area (TPSA) is 108 Å². The second kappa shape index (κ2) is 12.7. The molecular formula is C29H32FN5O5S. The summed E-state index contributed by atoms with van der Waals surface area (Å²) in [5.74, 6) is 0.487. The van der Waals surface area contributed by atoms with Gasteiger partial charge in [0, 0.05) is 24.5 Å². The van der Waals surface area contributed by atoms with E-state index in [1.165, 1.54) is 17.8 Å². The number of carbonyl (C=O) groups excluding carboxylic acids is 2. The molecule has 41 heavy (non-hydrogen) atoms. The number of anilines is 1. The first-order valence-corrected chi connectivity index (χ1v) is 14.4. The number of hydrogen-bond acceptors (Lipinski definition) is 9. The van der Waals surface area contributed by atoms with E-state index in [-0.39, 0.29) is 24.4 Å². The molecule has 3 aromatic rings. The summed E-state index contributed by atoms with van der Waals surface area (Å²) >= 11 is 1.30. The smallest absolute Gasteiger partial charge is 0.338 e. The average Bonchev–Trinajstić information content (AvgIpc) is 3.37. The lowest BCUT2D eigenvalue weighted by Crippen LogP contribution is -2.42. The molecule has 1 N–H and O–H groups in total. The van der Waals surface area contributed by atoms with Crippen LogP contribution in [-0.4, -0.2) is 70.6 Å². The highest BCUT2D eigenvalue weighted by Crippen LogP contribution is 2.37. The zero-order valence-electron chi connectivity index (χ0n) is 23.1. The molecule has 10 nitrogen and oxygen atoms in total. The van der Waals surface area contributed by atoms with Crippen LogP contribution < -0.4 is 10.1 Å². The van der Waals surface area contributed by atoms with Crippen LogP contribution in [0.3, 0.4) is 0 Å². The molecule has 1 unspecified atom stereocenters. The van der Waals surface area contributed by atoms with Crippen molar-refractivity contribution < 1.29 is 28.2 Å². The van der Waals surface area contributed by atoms with Crippen molar-refractivity contribution in [1.29, 1.82) is 0 Å². The minimum absolute atomic E-state index is 0.0759. The van der Waals surface area contributed by atoms with E-state index in [2.05, 4.69) is 15.4 Å². The van der Waals surface area contributed by atoms with Gasteiger partial charge < -0.3 is 24.4 Å². The number of carbonyl (C=O) groups is 2. The van der Waals surface area contributed by atoms with E-state index in [0.29, 0.717) is 65.7 Å². The molecule has 1 atom stereocenters. The summed E-state index contributed by atoms with van der Waals surface area (Å²) in [6, 6.07) is 13.1. The highest BCUT2D eigenvalue weighted by molar-refractivity contribution is 7.98. The number of nitrogens with one attached hydrogen (secondary N) is 1. The molecule has 1 aromatic heterocycles. The van der Waals surface area contributed by atoms with E-state index in [1.54, 1.807) is 60.7 Å². The number of morpholine rings is 1. The molecule has 2 aliphatic rings. The van der Waals surface area contributed by atoms with Crippen molar-refractivity contribution in [3.8, 4) is 5.75 Å². The molecular weight excluding hydrogens is 549 g/mol. The Hall–Kier alpha value is -3.90. The van der Waals surface area contributed by atoms with Crippen LogP contribution in [0.2, 0.25) is 0 Å². The number of benzene rings is 2. The third kappa shape index (κ3) is 6.71. The summed E-state index contributed by atoms with van der Waals surface area (Å²) in [4.78, 5) is 32.1. The maximum absolute atomic E-state index is 14.2. The predicted molar refractivity (Wildman–Crippen MR) is 151 cm³/mol. The maximum Gasteiger partial charge on any atom is 0.338 e. The number of hydrogen-bond donors (Lipinski definition) is 1. The molecule has 216 valence electrons. The number of thioether (sulfide) groups is 1. The molecule has 0 aliphatic carbocycles. The molecule has 3 heterocycles. The number of esters is 1. The van der Waals surface area contributed by atoms with Crippen LogP contribution in [0.25, 0.3) is 0 Å². The standard InChI is InChI=1S/C29H32FN5O5S/c1-18(2)40-27(37)25-19(3)31-28-32-29(41-17-21-6-4-5-7-23(21)30)33-35(28)26(25)20-8-10-22(11-9-20)39-16-24(36)34-12-14-38-15-13-34/h4-11,18,26H,12-17H2,1-3H3,(H,31,32,33). The quantitative estimate of drug-likeness (QED) is 0.294. The van der Waals surface area contributed by atoms with Gasteiger partial charge in [0.25, 0.3) is 5.91 Å². The van der Waals surface area contributed by atoms with Crippen LogP contribution >= 0.6 is 11.8 Å². The average molecular weight is 582 g/mol. The highest BCUT2D eigenvalue weighted by atomic mass is 32.2. The minimum Gasteiger partial charge on any atom is -0.484 e. The van der Waals surface area contributed by atoms with E-state index < -0.39 is 12.0 Å². The summed E-state index contributed by atoms with van der Waals surface area (Å²) in [7, 11) is 0. The number of amides is 1. The fourth-order valence-electron chi connectivity index (χ4n) is 4.60. The third-order valence-corrected chi connectivity index (χ3v) is 7.52. The number of ether oxygens (including phenoxy) is 3. The first-order valence-electron chi connectivity index (χ1n) is 13.4. The number of halogens is 1. The van der Waals surface area contributed by atoms with Crippen LogP contribution in [0, 0.1) is 5.82 Å². The Morgan fingerprint density at radius 2 is 1.88 bits per heavy atom. The fourth-order valence-corrected chi connectivity index (χ4v) is 5.41. The molecule has 12 heteroatoms. The summed E-state index contributed by atoms with van der Waals surface area (Å²) < 4.78 is 32.4. The van der Waals surface area contributed by atoms with Crippen molar-refractivity contribution in [2.75, 3.05) is 38.2 Å². The highest BCUT2D eigenvalue weighted by Gasteiger charge is 2.35. The largest absolute Gasteiger partial charge is 0.484 e. The second-order valence-electron chi connectivity index (χ2n) is 9.91. The van der Waals surface area contributed by atoms with Crippen molar-refractivity contribution in [3.05, 3.63) is 76.7 Å². The Labute approximate surface area is 241 Å².